The topological polar surface area (TPSA) is 128 Å². The number of esters is 2. The summed E-state index contributed by atoms with van der Waals surface area (Å²) in [5.41, 5.74) is 2.96. The molecule has 3 amide bonds. The van der Waals surface area contributed by atoms with Crippen molar-refractivity contribution in [3.05, 3.63) is 70.3 Å². The Morgan fingerprint density at radius 3 is 2.41 bits per heavy atom. The molecule has 0 saturated heterocycles. The van der Waals surface area contributed by atoms with Gasteiger partial charge in [0.25, 0.3) is 5.91 Å². The maximum Gasteiger partial charge on any atom is 0.347 e. The summed E-state index contributed by atoms with van der Waals surface area (Å²) in [7, 11) is 1.45. The second kappa shape index (κ2) is 8.78. The molecule has 0 unspecified atom stereocenters. The molecule has 2 N–H and O–H groups in total. The number of imide groups is 1. The standard InChI is InChI=1S/C16H13NO5.C9H7NO2/c1-7-11-12-9(13(14(7)21-3)17-8(2)18)5-4-6-10(12)15(19)22-16(11)20;11-8-5-6-3-1-2-4-7(6)9(12)10-8/h4-6H,1-3H3,(H,17,18);1-4H,5H2,(H,10,11,12). The van der Waals surface area contributed by atoms with Crippen molar-refractivity contribution in [1.82, 2.24) is 5.32 Å². The number of cyclic esters (lactones) is 2. The van der Waals surface area contributed by atoms with Crippen LogP contribution in [0.3, 0.4) is 0 Å². The molecule has 0 radical (unpaired) electrons. The predicted molar refractivity (Wildman–Crippen MR) is 122 cm³/mol. The lowest BCUT2D eigenvalue weighted by Crippen LogP contribution is -2.37. The molecule has 9 nitrogen and oxygen atoms in total. The quantitative estimate of drug-likeness (QED) is 0.342. The lowest BCUT2D eigenvalue weighted by Gasteiger charge is -2.22. The number of hydrogen-bond acceptors (Lipinski definition) is 7. The molecule has 2 aliphatic rings. The summed E-state index contributed by atoms with van der Waals surface area (Å²) in [4.78, 5) is 57.6. The number of ether oxygens (including phenoxy) is 2. The minimum Gasteiger partial charge on any atom is -0.494 e. The fraction of sp³-hybridized carbons (Fsp3) is 0.160. The molecule has 0 fully saturated rings. The SMILES string of the molecule is COc1c(C)c2c3c(cccc3c1NC(C)=O)C(=O)OC2=O.O=C1Cc2ccccc2C(=O)N1. The average Bonchev–Trinajstić information content (AvgIpc) is 2.78. The third kappa shape index (κ3) is 3.88. The van der Waals surface area contributed by atoms with E-state index in [0.29, 0.717) is 45.3 Å². The molecule has 2 heterocycles. The molecule has 2 aliphatic heterocycles. The van der Waals surface area contributed by atoms with Gasteiger partial charge in [0.05, 0.1) is 30.3 Å². The van der Waals surface area contributed by atoms with Crippen LogP contribution in [0.4, 0.5) is 5.69 Å². The molecule has 0 aromatic heterocycles. The number of benzene rings is 3. The maximum atomic E-state index is 12.1. The van der Waals surface area contributed by atoms with Crippen LogP contribution in [0.15, 0.2) is 42.5 Å². The molecule has 5 rings (SSSR count). The van der Waals surface area contributed by atoms with Crippen molar-refractivity contribution in [1.29, 1.82) is 0 Å². The zero-order valence-corrected chi connectivity index (χ0v) is 18.6. The number of methoxy groups -OCH3 is 1. The Bertz CT molecular complexity index is 1410. The molecule has 0 saturated carbocycles. The number of anilines is 1. The number of rotatable bonds is 2. The van der Waals surface area contributed by atoms with Gasteiger partial charge in [-0.05, 0) is 24.6 Å². The Hall–Kier alpha value is -4.53. The number of hydrogen-bond donors (Lipinski definition) is 2. The molecular weight excluding hydrogens is 440 g/mol. The molecule has 34 heavy (non-hydrogen) atoms. The van der Waals surface area contributed by atoms with Crippen molar-refractivity contribution < 1.29 is 33.4 Å². The number of fused-ring (bicyclic) bond motifs is 1. The van der Waals surface area contributed by atoms with Gasteiger partial charge in [-0.2, -0.15) is 0 Å². The van der Waals surface area contributed by atoms with Crippen LogP contribution < -0.4 is 15.4 Å². The van der Waals surface area contributed by atoms with E-state index < -0.39 is 11.9 Å². The first-order valence-electron chi connectivity index (χ1n) is 10.3. The van der Waals surface area contributed by atoms with Gasteiger partial charge < -0.3 is 14.8 Å². The summed E-state index contributed by atoms with van der Waals surface area (Å²) >= 11 is 0. The second-order valence-electron chi connectivity index (χ2n) is 7.71. The first kappa shape index (κ1) is 22.7. The van der Waals surface area contributed by atoms with E-state index in [-0.39, 0.29) is 23.3 Å². The van der Waals surface area contributed by atoms with Gasteiger partial charge in [0.15, 0.2) is 0 Å². The molecule has 0 atom stereocenters. The van der Waals surface area contributed by atoms with Crippen molar-refractivity contribution in [2.24, 2.45) is 0 Å². The molecule has 3 aromatic rings. The largest absolute Gasteiger partial charge is 0.494 e. The normalized spacial score (nSPS) is 13.9. The van der Waals surface area contributed by atoms with Crippen molar-refractivity contribution in [2.45, 2.75) is 20.3 Å². The van der Waals surface area contributed by atoms with Gasteiger partial charge in [-0.15, -0.1) is 0 Å². The Morgan fingerprint density at radius 2 is 1.71 bits per heavy atom. The molecule has 0 spiro atoms. The van der Waals surface area contributed by atoms with Gasteiger partial charge >= 0.3 is 11.9 Å². The van der Waals surface area contributed by atoms with Crippen LogP contribution in [0.1, 0.15) is 49.1 Å². The number of carbonyl (C=O) groups excluding carboxylic acids is 5. The van der Waals surface area contributed by atoms with Gasteiger partial charge in [0.2, 0.25) is 11.8 Å². The van der Waals surface area contributed by atoms with Crippen molar-refractivity contribution in [2.75, 3.05) is 12.4 Å². The lowest BCUT2D eigenvalue weighted by atomic mass is 9.91. The smallest absolute Gasteiger partial charge is 0.347 e. The molecule has 0 aliphatic carbocycles. The zero-order chi connectivity index (χ0) is 24.6. The van der Waals surface area contributed by atoms with E-state index in [1.165, 1.54) is 14.0 Å². The highest BCUT2D eigenvalue weighted by molar-refractivity contribution is 6.24. The molecule has 172 valence electrons. The van der Waals surface area contributed by atoms with E-state index in [2.05, 4.69) is 10.6 Å². The van der Waals surface area contributed by atoms with Gasteiger partial charge in [0, 0.05) is 28.8 Å². The molecule has 3 aromatic carbocycles. The fourth-order valence-electron chi connectivity index (χ4n) is 4.12. The highest BCUT2D eigenvalue weighted by atomic mass is 16.6. The van der Waals surface area contributed by atoms with Crippen molar-refractivity contribution in [3.8, 4) is 5.75 Å². The molecule has 0 bridgehead atoms. The van der Waals surface area contributed by atoms with Gasteiger partial charge in [-0.3, -0.25) is 19.7 Å². The van der Waals surface area contributed by atoms with Gasteiger partial charge in [0.1, 0.15) is 5.75 Å². The minimum absolute atomic E-state index is 0.223. The molecule has 9 heteroatoms. The second-order valence-corrected chi connectivity index (χ2v) is 7.71. The lowest BCUT2D eigenvalue weighted by molar-refractivity contribution is -0.119. The van der Waals surface area contributed by atoms with Crippen LogP contribution in [0.2, 0.25) is 0 Å². The van der Waals surface area contributed by atoms with E-state index in [1.54, 1.807) is 43.3 Å². The van der Waals surface area contributed by atoms with Crippen LogP contribution in [0.25, 0.3) is 10.8 Å². The Morgan fingerprint density at radius 1 is 1.00 bits per heavy atom. The minimum atomic E-state index is -0.709. The monoisotopic (exact) mass is 460 g/mol. The van der Waals surface area contributed by atoms with Crippen LogP contribution in [-0.2, 0) is 20.7 Å². The number of carbonyl (C=O) groups is 5. The summed E-state index contributed by atoms with van der Waals surface area (Å²) < 4.78 is 10.1. The van der Waals surface area contributed by atoms with E-state index in [9.17, 15) is 24.0 Å². The Labute approximate surface area is 194 Å². The van der Waals surface area contributed by atoms with E-state index in [0.717, 1.165) is 5.56 Å². The van der Waals surface area contributed by atoms with Crippen LogP contribution in [0.5, 0.6) is 5.75 Å². The summed E-state index contributed by atoms with van der Waals surface area (Å²) in [6, 6.07) is 12.1. The van der Waals surface area contributed by atoms with E-state index in [4.69, 9.17) is 9.47 Å². The predicted octanol–water partition coefficient (Wildman–Crippen LogP) is 2.92. The third-order valence-electron chi connectivity index (χ3n) is 5.51. The van der Waals surface area contributed by atoms with E-state index in [1.807, 2.05) is 6.07 Å². The first-order chi connectivity index (χ1) is 16.2. The summed E-state index contributed by atoms with van der Waals surface area (Å²) in [6.07, 6.45) is 0.307. The summed E-state index contributed by atoms with van der Waals surface area (Å²) in [5, 5.41) is 6.01. The Kier molecular flexibility index (Phi) is 5.85. The van der Waals surface area contributed by atoms with Crippen molar-refractivity contribution in [3.63, 3.8) is 0 Å². The zero-order valence-electron chi connectivity index (χ0n) is 18.6. The van der Waals surface area contributed by atoms with Gasteiger partial charge in [-0.1, -0.05) is 30.3 Å². The summed E-state index contributed by atoms with van der Waals surface area (Å²) in [6.45, 7) is 3.07. The Balaban J connectivity index is 0.000000192. The maximum absolute atomic E-state index is 12.1. The first-order valence-corrected chi connectivity index (χ1v) is 10.3. The van der Waals surface area contributed by atoms with Crippen LogP contribution >= 0.6 is 0 Å². The fourth-order valence-corrected chi connectivity index (χ4v) is 4.12. The highest BCUT2D eigenvalue weighted by Gasteiger charge is 2.32. The van der Waals surface area contributed by atoms with Gasteiger partial charge in [-0.25, -0.2) is 9.59 Å². The highest BCUT2D eigenvalue weighted by Crippen LogP contribution is 2.43. The average molecular weight is 460 g/mol. The third-order valence-corrected chi connectivity index (χ3v) is 5.51. The van der Waals surface area contributed by atoms with Crippen molar-refractivity contribution >= 4 is 46.1 Å². The number of nitrogens with one attached hydrogen (secondary N) is 2. The number of amides is 3. The van der Waals surface area contributed by atoms with Crippen LogP contribution in [0, 0.1) is 6.92 Å². The van der Waals surface area contributed by atoms with E-state index >= 15 is 0 Å². The van der Waals surface area contributed by atoms with Crippen LogP contribution in [-0.4, -0.2) is 36.8 Å². The summed E-state index contributed by atoms with van der Waals surface area (Å²) in [5.74, 6) is -1.81. The molecular formula is C25H20N2O7.